The van der Waals surface area contributed by atoms with E-state index in [2.05, 4.69) is 5.32 Å². The third-order valence-electron chi connectivity index (χ3n) is 1.80. The number of halogens is 3. The van der Waals surface area contributed by atoms with Gasteiger partial charge in [0.1, 0.15) is 0 Å². The van der Waals surface area contributed by atoms with Crippen LogP contribution in [0.2, 0.25) is 15.1 Å². The minimum atomic E-state index is -0.0852. The first-order chi connectivity index (χ1) is 7.50. The summed E-state index contributed by atoms with van der Waals surface area (Å²) in [7, 11) is 0. The van der Waals surface area contributed by atoms with Gasteiger partial charge in [0.05, 0.1) is 10.0 Å². The molecule has 0 aromatic heterocycles. The van der Waals surface area contributed by atoms with Crippen molar-refractivity contribution in [1.29, 1.82) is 0 Å². The van der Waals surface area contributed by atoms with E-state index in [0.717, 1.165) is 0 Å². The fraction of sp³-hybridized carbons (Fsp3) is 0.182. The lowest BCUT2D eigenvalue weighted by molar-refractivity contribution is -0.118. The molecule has 0 saturated carbocycles. The van der Waals surface area contributed by atoms with E-state index >= 15 is 0 Å². The van der Waals surface area contributed by atoms with Crippen molar-refractivity contribution >= 4 is 46.8 Å². The quantitative estimate of drug-likeness (QED) is 0.895. The molecular formula is C11H10Cl3NO. The van der Waals surface area contributed by atoms with Crippen molar-refractivity contribution in [2.75, 3.05) is 6.54 Å². The van der Waals surface area contributed by atoms with E-state index in [1.54, 1.807) is 24.3 Å². The molecule has 0 aliphatic rings. The molecule has 1 rings (SSSR count). The molecule has 86 valence electrons. The molecule has 0 spiro atoms. The van der Waals surface area contributed by atoms with Crippen LogP contribution in [0.1, 0.15) is 12.5 Å². The highest BCUT2D eigenvalue weighted by Gasteiger charge is 2.04. The molecule has 1 aromatic carbocycles. The summed E-state index contributed by atoms with van der Waals surface area (Å²) in [5.41, 5.74) is 0.693. The van der Waals surface area contributed by atoms with Crippen molar-refractivity contribution in [3.8, 4) is 0 Å². The molecule has 0 unspecified atom stereocenters. The smallest absolute Gasteiger partial charge is 0.217 e. The molecule has 0 atom stereocenters. The average Bonchev–Trinajstić information content (AvgIpc) is 2.14. The predicted molar refractivity (Wildman–Crippen MR) is 69.2 cm³/mol. The Morgan fingerprint density at radius 2 is 1.88 bits per heavy atom. The van der Waals surface area contributed by atoms with Gasteiger partial charge in [-0.25, -0.2) is 0 Å². The van der Waals surface area contributed by atoms with E-state index in [1.807, 2.05) is 0 Å². The van der Waals surface area contributed by atoms with E-state index in [0.29, 0.717) is 27.2 Å². The number of hydrogen-bond acceptors (Lipinski definition) is 1. The summed E-state index contributed by atoms with van der Waals surface area (Å²) in [6.45, 7) is 1.89. The lowest BCUT2D eigenvalue weighted by Crippen LogP contribution is -2.19. The van der Waals surface area contributed by atoms with Crippen LogP contribution in [0, 0.1) is 0 Å². The monoisotopic (exact) mass is 277 g/mol. The Morgan fingerprint density at radius 1 is 1.31 bits per heavy atom. The Balaban J connectivity index is 2.77. The van der Waals surface area contributed by atoms with Crippen LogP contribution in [0.3, 0.4) is 0 Å². The van der Waals surface area contributed by atoms with Gasteiger partial charge >= 0.3 is 0 Å². The Kier molecular flexibility index (Phi) is 5.13. The van der Waals surface area contributed by atoms with Crippen LogP contribution in [0.25, 0.3) is 6.08 Å². The van der Waals surface area contributed by atoms with Gasteiger partial charge in [-0.15, -0.1) is 0 Å². The van der Waals surface area contributed by atoms with Gasteiger partial charge in [0, 0.05) is 24.1 Å². The maximum atomic E-state index is 10.6. The molecule has 0 heterocycles. The van der Waals surface area contributed by atoms with Gasteiger partial charge in [0.25, 0.3) is 0 Å². The fourth-order valence-electron chi connectivity index (χ4n) is 1.09. The fourth-order valence-corrected chi connectivity index (χ4v) is 2.03. The highest BCUT2D eigenvalue weighted by molar-refractivity contribution is 6.40. The minimum Gasteiger partial charge on any atom is -0.353 e. The number of amides is 1. The van der Waals surface area contributed by atoms with Gasteiger partial charge < -0.3 is 5.32 Å². The van der Waals surface area contributed by atoms with Crippen molar-refractivity contribution in [3.63, 3.8) is 0 Å². The molecule has 1 amide bonds. The molecule has 0 radical (unpaired) electrons. The van der Waals surface area contributed by atoms with Crippen molar-refractivity contribution in [2.45, 2.75) is 6.92 Å². The molecule has 0 bridgehead atoms. The normalized spacial score (nSPS) is 10.8. The molecule has 0 fully saturated rings. The Bertz CT molecular complexity index is 406. The van der Waals surface area contributed by atoms with Crippen LogP contribution >= 0.6 is 34.8 Å². The summed E-state index contributed by atoms with van der Waals surface area (Å²) in [5, 5.41) is 4.09. The van der Waals surface area contributed by atoms with Crippen LogP contribution in [0.4, 0.5) is 0 Å². The maximum Gasteiger partial charge on any atom is 0.217 e. The highest BCUT2D eigenvalue weighted by atomic mass is 35.5. The number of hydrogen-bond donors (Lipinski definition) is 1. The topological polar surface area (TPSA) is 29.1 Å². The third kappa shape index (κ3) is 4.05. The second-order valence-electron chi connectivity index (χ2n) is 3.12. The zero-order valence-corrected chi connectivity index (χ0v) is 10.8. The lowest BCUT2D eigenvalue weighted by atomic mass is 10.2. The molecular weight excluding hydrogens is 268 g/mol. The largest absolute Gasteiger partial charge is 0.353 e. The number of benzene rings is 1. The van der Waals surface area contributed by atoms with Gasteiger partial charge in [-0.1, -0.05) is 47.0 Å². The van der Waals surface area contributed by atoms with Crippen LogP contribution in [0.5, 0.6) is 0 Å². The molecule has 5 heteroatoms. The van der Waals surface area contributed by atoms with E-state index in [1.165, 1.54) is 6.92 Å². The summed E-state index contributed by atoms with van der Waals surface area (Å²) in [6.07, 6.45) is 3.51. The van der Waals surface area contributed by atoms with Crippen LogP contribution in [0.15, 0.2) is 18.2 Å². The minimum absolute atomic E-state index is 0.0852. The van der Waals surface area contributed by atoms with Crippen LogP contribution < -0.4 is 5.32 Å². The predicted octanol–water partition coefficient (Wildman–Crippen LogP) is 3.80. The SMILES string of the molecule is CC(=O)NCC=Cc1c(Cl)cc(Cl)cc1Cl. The molecule has 1 N–H and O–H groups in total. The Labute approximate surface area is 109 Å². The van der Waals surface area contributed by atoms with Gasteiger partial charge in [-0.3, -0.25) is 4.79 Å². The molecule has 1 aromatic rings. The van der Waals surface area contributed by atoms with Crippen molar-refractivity contribution in [1.82, 2.24) is 5.32 Å². The lowest BCUT2D eigenvalue weighted by Gasteiger charge is -2.02. The first kappa shape index (κ1) is 13.4. The van der Waals surface area contributed by atoms with E-state index in [4.69, 9.17) is 34.8 Å². The van der Waals surface area contributed by atoms with Gasteiger partial charge in [-0.05, 0) is 12.1 Å². The molecule has 2 nitrogen and oxygen atoms in total. The molecule has 16 heavy (non-hydrogen) atoms. The van der Waals surface area contributed by atoms with Gasteiger partial charge in [0.15, 0.2) is 0 Å². The summed E-state index contributed by atoms with van der Waals surface area (Å²) in [4.78, 5) is 10.6. The first-order valence-electron chi connectivity index (χ1n) is 4.56. The van der Waals surface area contributed by atoms with Crippen LogP contribution in [-0.2, 0) is 4.79 Å². The molecule has 0 saturated heterocycles. The second kappa shape index (κ2) is 6.14. The Hall–Kier alpha value is -0.700. The zero-order chi connectivity index (χ0) is 12.1. The molecule has 0 aliphatic carbocycles. The van der Waals surface area contributed by atoms with Gasteiger partial charge in [-0.2, -0.15) is 0 Å². The van der Waals surface area contributed by atoms with Crippen molar-refractivity contribution < 1.29 is 4.79 Å². The summed E-state index contributed by atoms with van der Waals surface area (Å²) >= 11 is 17.7. The number of carbonyl (C=O) groups is 1. The zero-order valence-electron chi connectivity index (χ0n) is 8.56. The standard InChI is InChI=1S/C11H10Cl3NO/c1-7(16)15-4-2-3-9-10(13)5-8(12)6-11(9)14/h2-3,5-6H,4H2,1H3,(H,15,16). The second-order valence-corrected chi connectivity index (χ2v) is 4.37. The number of carbonyl (C=O) groups excluding carboxylic acids is 1. The third-order valence-corrected chi connectivity index (χ3v) is 2.64. The Morgan fingerprint density at radius 3 is 2.38 bits per heavy atom. The van der Waals surface area contributed by atoms with E-state index < -0.39 is 0 Å². The van der Waals surface area contributed by atoms with E-state index in [-0.39, 0.29) is 5.91 Å². The van der Waals surface area contributed by atoms with Crippen molar-refractivity contribution in [2.24, 2.45) is 0 Å². The van der Waals surface area contributed by atoms with E-state index in [9.17, 15) is 4.79 Å². The summed E-state index contributed by atoms with van der Waals surface area (Å²) in [6, 6.07) is 3.24. The highest BCUT2D eigenvalue weighted by Crippen LogP contribution is 2.29. The molecule has 0 aliphatic heterocycles. The van der Waals surface area contributed by atoms with Gasteiger partial charge in [0.2, 0.25) is 5.91 Å². The first-order valence-corrected chi connectivity index (χ1v) is 5.69. The number of rotatable bonds is 3. The average molecular weight is 279 g/mol. The summed E-state index contributed by atoms with van der Waals surface area (Å²) in [5.74, 6) is -0.0852. The summed E-state index contributed by atoms with van der Waals surface area (Å²) < 4.78 is 0. The number of nitrogens with one attached hydrogen (secondary N) is 1. The van der Waals surface area contributed by atoms with Crippen LogP contribution in [-0.4, -0.2) is 12.5 Å². The van der Waals surface area contributed by atoms with Crippen molar-refractivity contribution in [3.05, 3.63) is 38.8 Å². The maximum absolute atomic E-state index is 10.6.